The van der Waals surface area contributed by atoms with Crippen LogP contribution in [-0.2, 0) is 11.8 Å². The maximum Gasteiger partial charge on any atom is 0.271 e. The lowest BCUT2D eigenvalue weighted by Crippen LogP contribution is -2.29. The Balaban J connectivity index is 1.40. The van der Waals surface area contributed by atoms with Crippen LogP contribution in [0.25, 0.3) is 10.2 Å². The number of carbonyl (C=O) groups excluding carboxylic acids is 1. The van der Waals surface area contributed by atoms with Gasteiger partial charge in [0.1, 0.15) is 16.5 Å². The molecule has 1 aliphatic rings. The summed E-state index contributed by atoms with van der Waals surface area (Å²) in [5.74, 6) is 0.634. The van der Waals surface area contributed by atoms with E-state index in [1.807, 2.05) is 54.8 Å². The summed E-state index contributed by atoms with van der Waals surface area (Å²) in [5.41, 5.74) is 3.55. The largest absolute Gasteiger partial charge is 0.467 e. The smallest absolute Gasteiger partial charge is 0.271 e. The Labute approximate surface area is 192 Å². The van der Waals surface area contributed by atoms with Gasteiger partial charge in [0.15, 0.2) is 5.16 Å². The molecule has 0 spiro atoms. The number of fused-ring (bicyclic) bond motifs is 1. The van der Waals surface area contributed by atoms with Crippen molar-refractivity contribution in [1.82, 2.24) is 14.6 Å². The molecule has 1 aliphatic heterocycles. The SMILES string of the molecule is Cc1ccc(C2=NN(C(=O)CSc3nc4ccsc4c(=O)n3C)C(c3ccco3)C2)cc1. The van der Waals surface area contributed by atoms with Crippen LogP contribution in [0.2, 0.25) is 0 Å². The standard InChI is InChI=1S/C23H20N4O3S2/c1-14-5-7-15(8-6-14)17-12-18(19-4-3-10-30-19)27(25-17)20(28)13-32-23-24-16-9-11-31-21(16)22(29)26(23)2/h3-11,18H,12-13H2,1-2H3. The summed E-state index contributed by atoms with van der Waals surface area (Å²) in [5, 5.41) is 8.51. The second kappa shape index (κ2) is 8.40. The number of benzene rings is 1. The van der Waals surface area contributed by atoms with Crippen molar-refractivity contribution in [2.75, 3.05) is 5.75 Å². The first kappa shape index (κ1) is 20.7. The van der Waals surface area contributed by atoms with E-state index in [4.69, 9.17) is 4.42 Å². The minimum Gasteiger partial charge on any atom is -0.467 e. The molecule has 5 rings (SSSR count). The van der Waals surface area contributed by atoms with Crippen molar-refractivity contribution < 1.29 is 9.21 Å². The Bertz CT molecular complexity index is 1370. The normalized spacial score (nSPS) is 16.0. The van der Waals surface area contributed by atoms with E-state index < -0.39 is 0 Å². The lowest BCUT2D eigenvalue weighted by Gasteiger charge is -2.19. The highest BCUT2D eigenvalue weighted by Gasteiger charge is 2.34. The van der Waals surface area contributed by atoms with Gasteiger partial charge in [-0.05, 0) is 36.1 Å². The van der Waals surface area contributed by atoms with E-state index in [1.165, 1.54) is 38.2 Å². The van der Waals surface area contributed by atoms with Gasteiger partial charge in [0.2, 0.25) is 0 Å². The van der Waals surface area contributed by atoms with Gasteiger partial charge < -0.3 is 4.42 Å². The predicted octanol–water partition coefficient (Wildman–Crippen LogP) is 4.37. The maximum absolute atomic E-state index is 13.2. The fourth-order valence-corrected chi connectivity index (χ4v) is 5.28. The molecule has 1 amide bonds. The lowest BCUT2D eigenvalue weighted by atomic mass is 10.0. The molecule has 9 heteroatoms. The van der Waals surface area contributed by atoms with Crippen LogP contribution in [0.15, 0.2) is 73.6 Å². The average molecular weight is 465 g/mol. The summed E-state index contributed by atoms with van der Waals surface area (Å²) >= 11 is 2.61. The Morgan fingerprint density at radius 3 is 2.81 bits per heavy atom. The molecule has 0 N–H and O–H groups in total. The number of nitrogens with zero attached hydrogens (tertiary/aromatic N) is 4. The fraction of sp³-hybridized carbons (Fsp3) is 0.217. The number of furan rings is 1. The monoisotopic (exact) mass is 464 g/mol. The van der Waals surface area contributed by atoms with Gasteiger partial charge in [-0.2, -0.15) is 5.10 Å². The van der Waals surface area contributed by atoms with Gasteiger partial charge in [0.25, 0.3) is 11.5 Å². The Kier molecular flexibility index (Phi) is 5.44. The van der Waals surface area contributed by atoms with Crippen molar-refractivity contribution in [3.63, 3.8) is 0 Å². The van der Waals surface area contributed by atoms with E-state index in [-0.39, 0.29) is 23.3 Å². The molecule has 1 unspecified atom stereocenters. The summed E-state index contributed by atoms with van der Waals surface area (Å²) in [6, 6.07) is 13.3. The molecule has 1 atom stereocenters. The second-order valence-corrected chi connectivity index (χ2v) is 9.43. The molecule has 4 heterocycles. The molecule has 0 aliphatic carbocycles. The third kappa shape index (κ3) is 3.78. The molecule has 0 bridgehead atoms. The van der Waals surface area contributed by atoms with Gasteiger partial charge in [-0.3, -0.25) is 14.2 Å². The molecule has 0 fully saturated rings. The Hall–Kier alpha value is -3.17. The van der Waals surface area contributed by atoms with Gasteiger partial charge in [-0.15, -0.1) is 11.3 Å². The van der Waals surface area contributed by atoms with Crippen molar-refractivity contribution in [3.05, 3.63) is 81.3 Å². The number of aromatic nitrogens is 2. The van der Waals surface area contributed by atoms with E-state index in [2.05, 4.69) is 10.1 Å². The number of rotatable bonds is 5. The summed E-state index contributed by atoms with van der Waals surface area (Å²) in [7, 11) is 1.68. The number of hydrogen-bond donors (Lipinski definition) is 0. The van der Waals surface area contributed by atoms with Gasteiger partial charge in [-0.1, -0.05) is 41.6 Å². The third-order valence-corrected chi connectivity index (χ3v) is 7.30. The van der Waals surface area contributed by atoms with E-state index in [0.29, 0.717) is 27.6 Å². The highest BCUT2D eigenvalue weighted by atomic mass is 32.2. The molecule has 7 nitrogen and oxygen atoms in total. The zero-order valence-electron chi connectivity index (χ0n) is 17.5. The second-order valence-electron chi connectivity index (χ2n) is 7.57. The van der Waals surface area contributed by atoms with Gasteiger partial charge in [-0.25, -0.2) is 9.99 Å². The molecule has 0 radical (unpaired) electrons. The molecular weight excluding hydrogens is 444 g/mol. The Morgan fingerprint density at radius 2 is 2.06 bits per heavy atom. The topological polar surface area (TPSA) is 80.7 Å². The highest BCUT2D eigenvalue weighted by molar-refractivity contribution is 7.99. The van der Waals surface area contributed by atoms with Gasteiger partial charge >= 0.3 is 0 Å². The molecular formula is C23H20N4O3S2. The maximum atomic E-state index is 13.2. The minimum absolute atomic E-state index is 0.103. The summed E-state index contributed by atoms with van der Waals surface area (Å²) in [6.07, 6.45) is 2.18. The predicted molar refractivity (Wildman–Crippen MR) is 126 cm³/mol. The number of thioether (sulfide) groups is 1. The third-order valence-electron chi connectivity index (χ3n) is 5.39. The van der Waals surface area contributed by atoms with Crippen molar-refractivity contribution in [2.24, 2.45) is 12.1 Å². The first-order chi connectivity index (χ1) is 15.5. The van der Waals surface area contributed by atoms with Crippen LogP contribution < -0.4 is 5.56 Å². The molecule has 32 heavy (non-hydrogen) atoms. The molecule has 162 valence electrons. The van der Waals surface area contributed by atoms with Crippen LogP contribution in [-0.4, -0.2) is 31.9 Å². The zero-order chi connectivity index (χ0) is 22.2. The number of carbonyl (C=O) groups is 1. The number of thiophene rings is 1. The van der Waals surface area contributed by atoms with Gasteiger partial charge in [0, 0.05) is 13.5 Å². The van der Waals surface area contributed by atoms with Crippen molar-refractivity contribution in [1.29, 1.82) is 0 Å². The molecule has 1 aromatic carbocycles. The molecule has 0 saturated carbocycles. The van der Waals surface area contributed by atoms with Crippen molar-refractivity contribution >= 4 is 44.9 Å². The molecule has 4 aromatic rings. The van der Waals surface area contributed by atoms with Crippen LogP contribution in [0.4, 0.5) is 0 Å². The van der Waals surface area contributed by atoms with E-state index in [1.54, 1.807) is 13.3 Å². The first-order valence-corrected chi connectivity index (χ1v) is 11.9. The van der Waals surface area contributed by atoms with Crippen LogP contribution in [0.1, 0.15) is 29.3 Å². The van der Waals surface area contributed by atoms with Gasteiger partial charge in [0.05, 0.1) is 23.2 Å². The molecule has 0 saturated heterocycles. The lowest BCUT2D eigenvalue weighted by molar-refractivity contribution is -0.130. The zero-order valence-corrected chi connectivity index (χ0v) is 19.2. The van der Waals surface area contributed by atoms with E-state index >= 15 is 0 Å². The van der Waals surface area contributed by atoms with Crippen LogP contribution in [0, 0.1) is 6.92 Å². The van der Waals surface area contributed by atoms with Crippen LogP contribution in [0.3, 0.4) is 0 Å². The quantitative estimate of drug-likeness (QED) is 0.324. The van der Waals surface area contributed by atoms with Crippen molar-refractivity contribution in [3.8, 4) is 0 Å². The summed E-state index contributed by atoms with van der Waals surface area (Å²) in [6.45, 7) is 2.04. The number of amides is 1. The minimum atomic E-state index is -0.300. The fourth-order valence-electron chi connectivity index (χ4n) is 3.65. The first-order valence-electron chi connectivity index (χ1n) is 10.1. The number of aryl methyl sites for hydroxylation is 1. The van der Waals surface area contributed by atoms with Crippen molar-refractivity contribution in [2.45, 2.75) is 24.5 Å². The van der Waals surface area contributed by atoms with Crippen LogP contribution >= 0.6 is 23.1 Å². The Morgan fingerprint density at radius 1 is 1.25 bits per heavy atom. The number of hydrazone groups is 1. The van der Waals surface area contributed by atoms with E-state index in [0.717, 1.165) is 11.3 Å². The van der Waals surface area contributed by atoms with E-state index in [9.17, 15) is 9.59 Å². The molecule has 3 aromatic heterocycles. The number of hydrogen-bond acceptors (Lipinski definition) is 7. The summed E-state index contributed by atoms with van der Waals surface area (Å²) < 4.78 is 7.72. The highest BCUT2D eigenvalue weighted by Crippen LogP contribution is 2.34. The van der Waals surface area contributed by atoms with Crippen LogP contribution in [0.5, 0.6) is 0 Å². The average Bonchev–Trinajstić information content (AvgIpc) is 3.55. The summed E-state index contributed by atoms with van der Waals surface area (Å²) in [4.78, 5) is 30.3.